The van der Waals surface area contributed by atoms with Gasteiger partial charge in [-0.25, -0.2) is 0 Å². The Morgan fingerprint density at radius 1 is 1.44 bits per heavy atom. The van der Waals surface area contributed by atoms with Crippen molar-refractivity contribution in [1.82, 2.24) is 0 Å². The molecule has 18 heavy (non-hydrogen) atoms. The molecular formula is C12H16N2O3S. The molecule has 0 bridgehead atoms. The average Bonchev–Trinajstić information content (AvgIpc) is 2.82. The lowest BCUT2D eigenvalue weighted by Gasteiger charge is -2.32. The highest BCUT2D eigenvalue weighted by Crippen LogP contribution is 2.31. The second-order valence-corrected chi connectivity index (χ2v) is 5.65. The van der Waals surface area contributed by atoms with Gasteiger partial charge >= 0.3 is 5.97 Å². The Labute approximate surface area is 109 Å². The molecule has 0 saturated heterocycles. The number of nitrogens with two attached hydrogens (primary N) is 1. The van der Waals surface area contributed by atoms with Gasteiger partial charge in [-0.1, -0.05) is 0 Å². The zero-order valence-corrected chi connectivity index (χ0v) is 10.7. The van der Waals surface area contributed by atoms with Crippen molar-refractivity contribution < 1.29 is 14.7 Å². The topological polar surface area (TPSA) is 92.4 Å². The number of aliphatic carboxylic acids is 1. The number of carbonyl (C=O) groups is 2. The minimum Gasteiger partial charge on any atom is -0.480 e. The maximum atomic E-state index is 12.0. The average molecular weight is 268 g/mol. The number of rotatable bonds is 3. The van der Waals surface area contributed by atoms with E-state index < -0.39 is 11.5 Å². The Morgan fingerprint density at radius 2 is 2.11 bits per heavy atom. The summed E-state index contributed by atoms with van der Waals surface area (Å²) in [4.78, 5) is 22.9. The minimum atomic E-state index is -1.15. The zero-order chi connectivity index (χ0) is 13.2. The summed E-state index contributed by atoms with van der Waals surface area (Å²) in [6, 6.07) is 3.71. The molecule has 0 unspecified atom stereocenters. The molecule has 1 aromatic rings. The predicted octanol–water partition coefficient (Wildman–Crippen LogP) is 1.66. The molecule has 1 fully saturated rings. The first-order valence-corrected chi connectivity index (χ1v) is 6.76. The van der Waals surface area contributed by atoms with E-state index in [1.165, 1.54) is 11.3 Å². The molecule has 0 spiro atoms. The summed E-state index contributed by atoms with van der Waals surface area (Å²) in [6.07, 6.45) is 1.76. The maximum Gasteiger partial charge on any atom is 0.323 e. The van der Waals surface area contributed by atoms with E-state index in [4.69, 9.17) is 10.8 Å². The second kappa shape index (κ2) is 5.07. The molecular weight excluding hydrogens is 252 g/mol. The fourth-order valence-electron chi connectivity index (χ4n) is 2.18. The Balaban J connectivity index is 1.90. The normalized spacial score (nSPS) is 27.7. The monoisotopic (exact) mass is 268 g/mol. The lowest BCUT2D eigenvalue weighted by Crippen LogP contribution is -2.51. The van der Waals surface area contributed by atoms with Gasteiger partial charge in [0, 0.05) is 5.92 Å². The summed E-state index contributed by atoms with van der Waals surface area (Å²) in [5.74, 6) is -1.15. The van der Waals surface area contributed by atoms with Crippen LogP contribution >= 0.6 is 11.3 Å². The van der Waals surface area contributed by atoms with Crippen LogP contribution in [0.15, 0.2) is 17.5 Å². The van der Waals surface area contributed by atoms with E-state index in [-0.39, 0.29) is 11.8 Å². The highest BCUT2D eigenvalue weighted by Gasteiger charge is 2.40. The first kappa shape index (κ1) is 13.0. The Kier molecular flexibility index (Phi) is 3.68. The van der Waals surface area contributed by atoms with Crippen molar-refractivity contribution in [3.05, 3.63) is 17.5 Å². The van der Waals surface area contributed by atoms with E-state index in [1.54, 1.807) is 0 Å². The number of carboxylic acids is 1. The Bertz CT molecular complexity index is 436. The number of hydrogen-bond donors (Lipinski definition) is 3. The summed E-state index contributed by atoms with van der Waals surface area (Å²) in [5, 5.41) is 14.6. The molecule has 1 aliphatic rings. The molecule has 6 heteroatoms. The van der Waals surface area contributed by atoms with Crippen molar-refractivity contribution in [3.8, 4) is 0 Å². The van der Waals surface area contributed by atoms with E-state index >= 15 is 0 Å². The molecule has 1 aliphatic carbocycles. The van der Waals surface area contributed by atoms with Gasteiger partial charge in [0.25, 0.3) is 0 Å². The van der Waals surface area contributed by atoms with Crippen molar-refractivity contribution in [1.29, 1.82) is 0 Å². The van der Waals surface area contributed by atoms with Crippen LogP contribution in [-0.2, 0) is 9.59 Å². The van der Waals surface area contributed by atoms with Crippen LogP contribution in [0.1, 0.15) is 25.7 Å². The summed E-state index contributed by atoms with van der Waals surface area (Å²) in [5.41, 5.74) is 4.62. The molecule has 0 aromatic carbocycles. The number of carboxylic acid groups (broad SMARTS) is 1. The lowest BCUT2D eigenvalue weighted by molar-refractivity contribution is -0.145. The Morgan fingerprint density at radius 3 is 2.61 bits per heavy atom. The van der Waals surface area contributed by atoms with Crippen molar-refractivity contribution in [3.63, 3.8) is 0 Å². The van der Waals surface area contributed by atoms with Gasteiger partial charge in [0.2, 0.25) is 5.91 Å². The first-order chi connectivity index (χ1) is 8.51. The van der Waals surface area contributed by atoms with E-state index in [2.05, 4.69) is 5.32 Å². The summed E-state index contributed by atoms with van der Waals surface area (Å²) in [6.45, 7) is 0. The molecule has 0 aliphatic heterocycles. The van der Waals surface area contributed by atoms with E-state index in [1.807, 2.05) is 17.5 Å². The Hall–Kier alpha value is -1.40. The van der Waals surface area contributed by atoms with Crippen molar-refractivity contribution in [2.45, 2.75) is 31.2 Å². The van der Waals surface area contributed by atoms with E-state index in [0.717, 1.165) is 5.00 Å². The molecule has 1 aromatic heterocycles. The van der Waals surface area contributed by atoms with Crippen LogP contribution in [-0.4, -0.2) is 22.5 Å². The third-order valence-electron chi connectivity index (χ3n) is 3.44. The molecule has 0 radical (unpaired) electrons. The van der Waals surface area contributed by atoms with Gasteiger partial charge in [-0.05, 0) is 43.2 Å². The summed E-state index contributed by atoms with van der Waals surface area (Å²) < 4.78 is 0. The molecule has 4 N–H and O–H groups in total. The molecule has 98 valence electrons. The molecule has 1 amide bonds. The highest BCUT2D eigenvalue weighted by atomic mass is 32.1. The van der Waals surface area contributed by atoms with E-state index in [9.17, 15) is 9.59 Å². The zero-order valence-electron chi connectivity index (χ0n) is 9.89. The van der Waals surface area contributed by atoms with Gasteiger partial charge in [0.15, 0.2) is 0 Å². The van der Waals surface area contributed by atoms with Crippen LogP contribution in [0.5, 0.6) is 0 Å². The number of anilines is 1. The quantitative estimate of drug-likeness (QED) is 0.777. The van der Waals surface area contributed by atoms with Gasteiger partial charge in [0.05, 0.1) is 5.00 Å². The van der Waals surface area contributed by atoms with Crippen LogP contribution in [0.3, 0.4) is 0 Å². The predicted molar refractivity (Wildman–Crippen MR) is 69.5 cm³/mol. The number of carbonyl (C=O) groups excluding carboxylic acids is 1. The van der Waals surface area contributed by atoms with Crippen LogP contribution in [0.4, 0.5) is 5.00 Å². The standard InChI is InChI=1S/C12H16N2O3S/c13-12(11(16)17)5-3-8(4-6-12)10(15)14-9-2-1-7-18-9/h1-2,7-8H,3-6,13H2,(H,14,15)(H,16,17). The van der Waals surface area contributed by atoms with Crippen LogP contribution in [0.2, 0.25) is 0 Å². The molecule has 1 saturated carbocycles. The lowest BCUT2D eigenvalue weighted by atomic mass is 9.77. The fraction of sp³-hybridized carbons (Fsp3) is 0.500. The van der Waals surface area contributed by atoms with Crippen LogP contribution in [0.25, 0.3) is 0 Å². The summed E-state index contributed by atoms with van der Waals surface area (Å²) in [7, 11) is 0. The van der Waals surface area contributed by atoms with Crippen LogP contribution in [0, 0.1) is 5.92 Å². The van der Waals surface area contributed by atoms with Gasteiger partial charge < -0.3 is 16.2 Å². The molecule has 0 atom stereocenters. The van der Waals surface area contributed by atoms with Gasteiger partial charge in [-0.15, -0.1) is 11.3 Å². The smallest absolute Gasteiger partial charge is 0.323 e. The van der Waals surface area contributed by atoms with Gasteiger partial charge in [0.1, 0.15) is 5.54 Å². The molecule has 1 heterocycles. The third-order valence-corrected chi connectivity index (χ3v) is 4.23. The SMILES string of the molecule is NC1(C(=O)O)CCC(C(=O)Nc2cccs2)CC1. The second-order valence-electron chi connectivity index (χ2n) is 4.70. The number of hydrogen-bond acceptors (Lipinski definition) is 4. The number of amides is 1. The van der Waals surface area contributed by atoms with Gasteiger partial charge in [-0.2, -0.15) is 0 Å². The highest BCUT2D eigenvalue weighted by molar-refractivity contribution is 7.14. The first-order valence-electron chi connectivity index (χ1n) is 5.88. The minimum absolute atomic E-state index is 0.0371. The van der Waals surface area contributed by atoms with Gasteiger partial charge in [-0.3, -0.25) is 9.59 Å². The largest absolute Gasteiger partial charge is 0.480 e. The third kappa shape index (κ3) is 2.70. The number of nitrogens with one attached hydrogen (secondary N) is 1. The maximum absolute atomic E-state index is 12.0. The molecule has 5 nitrogen and oxygen atoms in total. The summed E-state index contributed by atoms with van der Waals surface area (Å²) >= 11 is 1.47. The number of thiophene rings is 1. The van der Waals surface area contributed by atoms with Crippen LogP contribution < -0.4 is 11.1 Å². The van der Waals surface area contributed by atoms with Crippen molar-refractivity contribution in [2.75, 3.05) is 5.32 Å². The fourth-order valence-corrected chi connectivity index (χ4v) is 2.80. The van der Waals surface area contributed by atoms with Crippen molar-refractivity contribution >= 4 is 28.2 Å². The van der Waals surface area contributed by atoms with Crippen molar-refractivity contribution in [2.24, 2.45) is 11.7 Å². The van der Waals surface area contributed by atoms with E-state index in [0.29, 0.717) is 25.7 Å². The molecule has 2 rings (SSSR count).